The Hall–Kier alpha value is -1.40. The Morgan fingerprint density at radius 1 is 1.50 bits per heavy atom. The van der Waals surface area contributed by atoms with E-state index in [4.69, 9.17) is 9.47 Å². The molecule has 1 aliphatic rings. The first-order valence-electron chi connectivity index (χ1n) is 7.41. The van der Waals surface area contributed by atoms with Crippen LogP contribution in [0.15, 0.2) is 11.4 Å². The second-order valence-electron chi connectivity index (χ2n) is 6.47. The Morgan fingerprint density at radius 2 is 2.23 bits per heavy atom. The molecule has 1 N–H and O–H groups in total. The standard InChI is InChI=1S/C16H23NO4S/c1-16(2,3)21-15(19)17-12(9-20-4)10-5-6-13-11(14(10)18)7-8-22-13/h7-8,10,12H,5-6,9H2,1-4H3,(H,17,19). The summed E-state index contributed by atoms with van der Waals surface area (Å²) >= 11 is 1.61. The zero-order valence-electron chi connectivity index (χ0n) is 13.5. The Bertz CT molecular complexity index is 547. The van der Waals surface area contributed by atoms with Crippen LogP contribution in [0.1, 0.15) is 42.4 Å². The third kappa shape index (κ3) is 4.08. The van der Waals surface area contributed by atoms with E-state index in [0.29, 0.717) is 0 Å². The summed E-state index contributed by atoms with van der Waals surface area (Å²) in [5, 5.41) is 4.74. The molecule has 0 aromatic carbocycles. The number of hydrogen-bond donors (Lipinski definition) is 1. The molecule has 6 heteroatoms. The molecule has 0 fully saturated rings. The van der Waals surface area contributed by atoms with Gasteiger partial charge in [0, 0.05) is 23.5 Å². The third-order valence-corrected chi connectivity index (χ3v) is 4.54. The average Bonchev–Trinajstić information content (AvgIpc) is 2.85. The van der Waals surface area contributed by atoms with Crippen molar-refractivity contribution in [3.05, 3.63) is 21.9 Å². The summed E-state index contributed by atoms with van der Waals surface area (Å²) in [5.41, 5.74) is 0.215. The number of rotatable bonds is 4. The molecule has 1 amide bonds. The third-order valence-electron chi connectivity index (χ3n) is 3.56. The molecule has 1 aromatic rings. The van der Waals surface area contributed by atoms with Crippen LogP contribution in [0.25, 0.3) is 0 Å². The largest absolute Gasteiger partial charge is 0.444 e. The number of ether oxygens (including phenoxy) is 2. The number of Topliss-reactive ketones (excluding diaryl/α,β-unsaturated/α-hetero) is 1. The highest BCUT2D eigenvalue weighted by atomic mass is 32.1. The zero-order valence-corrected chi connectivity index (χ0v) is 14.3. The molecular formula is C16H23NO4S. The van der Waals surface area contributed by atoms with E-state index >= 15 is 0 Å². The van der Waals surface area contributed by atoms with Gasteiger partial charge in [0.15, 0.2) is 5.78 Å². The number of aryl methyl sites for hydroxylation is 1. The van der Waals surface area contributed by atoms with Crippen LogP contribution in [0.4, 0.5) is 4.79 Å². The number of amides is 1. The molecular weight excluding hydrogens is 302 g/mol. The van der Waals surface area contributed by atoms with Crippen molar-refractivity contribution in [1.29, 1.82) is 0 Å². The van der Waals surface area contributed by atoms with E-state index in [1.54, 1.807) is 39.2 Å². The van der Waals surface area contributed by atoms with Crippen molar-refractivity contribution in [2.75, 3.05) is 13.7 Å². The number of hydrogen-bond acceptors (Lipinski definition) is 5. The molecule has 2 rings (SSSR count). The minimum atomic E-state index is -0.571. The number of alkyl carbamates (subject to hydrolysis) is 1. The van der Waals surface area contributed by atoms with Gasteiger partial charge in [0.25, 0.3) is 0 Å². The number of carbonyl (C=O) groups is 2. The number of fused-ring (bicyclic) bond motifs is 1. The molecule has 122 valence electrons. The molecule has 1 heterocycles. The van der Waals surface area contributed by atoms with Crippen molar-refractivity contribution >= 4 is 23.2 Å². The fourth-order valence-corrected chi connectivity index (χ4v) is 3.55. The van der Waals surface area contributed by atoms with Gasteiger partial charge in [-0.05, 0) is 45.1 Å². The molecule has 0 aliphatic heterocycles. The summed E-state index contributed by atoms with van der Waals surface area (Å²) in [7, 11) is 1.56. The lowest BCUT2D eigenvalue weighted by atomic mass is 9.82. The van der Waals surface area contributed by atoms with Crippen molar-refractivity contribution in [3.8, 4) is 0 Å². The smallest absolute Gasteiger partial charge is 0.407 e. The lowest BCUT2D eigenvalue weighted by molar-refractivity contribution is 0.0422. The maximum absolute atomic E-state index is 12.6. The number of nitrogens with one attached hydrogen (secondary N) is 1. The summed E-state index contributed by atoms with van der Waals surface area (Å²) < 4.78 is 10.5. The van der Waals surface area contributed by atoms with E-state index in [-0.39, 0.29) is 24.3 Å². The second kappa shape index (κ2) is 6.79. The Kier molecular flexibility index (Phi) is 5.24. The fourth-order valence-electron chi connectivity index (χ4n) is 2.65. The molecule has 2 unspecified atom stereocenters. The minimum Gasteiger partial charge on any atom is -0.444 e. The quantitative estimate of drug-likeness (QED) is 0.924. The van der Waals surface area contributed by atoms with E-state index in [2.05, 4.69) is 5.32 Å². The van der Waals surface area contributed by atoms with Gasteiger partial charge in [-0.2, -0.15) is 0 Å². The van der Waals surface area contributed by atoms with Crippen molar-refractivity contribution in [2.45, 2.75) is 45.3 Å². The SMILES string of the molecule is COCC(NC(=O)OC(C)(C)C)C1CCc2sccc2C1=O. The van der Waals surface area contributed by atoms with Crippen LogP contribution in [-0.4, -0.2) is 37.2 Å². The highest BCUT2D eigenvalue weighted by Gasteiger charge is 2.35. The van der Waals surface area contributed by atoms with Crippen LogP contribution in [0, 0.1) is 5.92 Å². The number of methoxy groups -OCH3 is 1. The summed E-state index contributed by atoms with van der Waals surface area (Å²) in [6.45, 7) is 5.71. The van der Waals surface area contributed by atoms with Gasteiger partial charge in [-0.25, -0.2) is 4.79 Å². The van der Waals surface area contributed by atoms with E-state index in [1.165, 1.54) is 0 Å². The molecule has 5 nitrogen and oxygen atoms in total. The summed E-state index contributed by atoms with van der Waals surface area (Å²) in [5.74, 6) is -0.185. The average molecular weight is 325 g/mol. The normalized spacial score (nSPS) is 19.5. The lowest BCUT2D eigenvalue weighted by Gasteiger charge is -2.30. The fraction of sp³-hybridized carbons (Fsp3) is 0.625. The molecule has 0 bridgehead atoms. The first-order chi connectivity index (χ1) is 10.3. The van der Waals surface area contributed by atoms with E-state index in [1.807, 2.05) is 11.4 Å². The van der Waals surface area contributed by atoms with E-state index < -0.39 is 11.7 Å². The van der Waals surface area contributed by atoms with Crippen LogP contribution >= 0.6 is 11.3 Å². The first-order valence-corrected chi connectivity index (χ1v) is 8.29. The van der Waals surface area contributed by atoms with Crippen molar-refractivity contribution < 1.29 is 19.1 Å². The Labute approximate surface area is 135 Å². The maximum Gasteiger partial charge on any atom is 0.407 e. The first kappa shape index (κ1) is 17.0. The molecule has 2 atom stereocenters. The van der Waals surface area contributed by atoms with Gasteiger partial charge in [-0.1, -0.05) is 0 Å². The van der Waals surface area contributed by atoms with Crippen LogP contribution in [0.5, 0.6) is 0 Å². The summed E-state index contributed by atoms with van der Waals surface area (Å²) in [4.78, 5) is 25.7. The van der Waals surface area contributed by atoms with Crippen LogP contribution in [0.3, 0.4) is 0 Å². The summed E-state index contributed by atoms with van der Waals surface area (Å²) in [6, 6.07) is 1.49. The Morgan fingerprint density at radius 3 is 2.86 bits per heavy atom. The van der Waals surface area contributed by atoms with Crippen molar-refractivity contribution in [3.63, 3.8) is 0 Å². The molecule has 0 radical (unpaired) electrons. The molecule has 0 saturated carbocycles. The van der Waals surface area contributed by atoms with Gasteiger partial charge in [0.1, 0.15) is 5.60 Å². The number of ketones is 1. The summed E-state index contributed by atoms with van der Waals surface area (Å²) in [6.07, 6.45) is 1.06. The van der Waals surface area contributed by atoms with Gasteiger partial charge < -0.3 is 14.8 Å². The van der Waals surface area contributed by atoms with Gasteiger partial charge in [0.2, 0.25) is 0 Å². The monoisotopic (exact) mass is 325 g/mol. The van der Waals surface area contributed by atoms with Crippen LogP contribution in [-0.2, 0) is 15.9 Å². The zero-order chi connectivity index (χ0) is 16.3. The lowest BCUT2D eigenvalue weighted by Crippen LogP contribution is -2.48. The van der Waals surface area contributed by atoms with Crippen LogP contribution < -0.4 is 5.32 Å². The van der Waals surface area contributed by atoms with Gasteiger partial charge >= 0.3 is 6.09 Å². The predicted molar refractivity (Wildman–Crippen MR) is 85.5 cm³/mol. The minimum absolute atomic E-state index is 0.0839. The van der Waals surface area contributed by atoms with Gasteiger partial charge in [0.05, 0.1) is 12.6 Å². The molecule has 22 heavy (non-hydrogen) atoms. The Balaban J connectivity index is 2.08. The van der Waals surface area contributed by atoms with E-state index in [0.717, 1.165) is 23.3 Å². The maximum atomic E-state index is 12.6. The molecule has 1 aliphatic carbocycles. The number of carbonyl (C=O) groups excluding carboxylic acids is 2. The highest BCUT2D eigenvalue weighted by molar-refractivity contribution is 7.10. The van der Waals surface area contributed by atoms with Gasteiger partial charge in [-0.3, -0.25) is 4.79 Å². The predicted octanol–water partition coefficient (Wildman–Crippen LogP) is 3.03. The highest BCUT2D eigenvalue weighted by Crippen LogP contribution is 2.31. The molecule has 0 saturated heterocycles. The molecule has 0 spiro atoms. The molecule has 1 aromatic heterocycles. The van der Waals surface area contributed by atoms with Crippen molar-refractivity contribution in [2.24, 2.45) is 5.92 Å². The number of thiophene rings is 1. The topological polar surface area (TPSA) is 64.6 Å². The van der Waals surface area contributed by atoms with Crippen LogP contribution in [0.2, 0.25) is 0 Å². The van der Waals surface area contributed by atoms with Gasteiger partial charge in [-0.15, -0.1) is 11.3 Å². The second-order valence-corrected chi connectivity index (χ2v) is 7.48. The van der Waals surface area contributed by atoms with Crippen molar-refractivity contribution in [1.82, 2.24) is 5.32 Å². The van der Waals surface area contributed by atoms with E-state index in [9.17, 15) is 9.59 Å².